The molecule has 4 rings (SSSR count). The molecule has 2 aromatic rings. The molecular weight excluding hydrogens is 376 g/mol. The molecule has 2 heterocycles. The number of amides is 3. The Hall–Kier alpha value is -2.61. The van der Waals surface area contributed by atoms with Crippen molar-refractivity contribution in [3.8, 4) is 0 Å². The summed E-state index contributed by atoms with van der Waals surface area (Å²) in [7, 11) is 0. The predicted molar refractivity (Wildman–Crippen MR) is 106 cm³/mol. The van der Waals surface area contributed by atoms with Gasteiger partial charge in [0.15, 0.2) is 0 Å². The molecule has 1 atom stereocenters. The largest absolute Gasteiger partial charge is 0.349 e. The number of nitrogens with one attached hydrogen (secondary N) is 1. The Morgan fingerprint density at radius 2 is 2.07 bits per heavy atom. The van der Waals surface area contributed by atoms with Crippen molar-refractivity contribution < 1.29 is 14.4 Å². The number of fused-ring (bicyclic) bond motifs is 1. The zero-order valence-corrected chi connectivity index (χ0v) is 16.3. The molecule has 1 N–H and O–H groups in total. The van der Waals surface area contributed by atoms with Crippen molar-refractivity contribution in [2.75, 3.05) is 12.3 Å². The van der Waals surface area contributed by atoms with E-state index in [1.807, 2.05) is 29.1 Å². The van der Waals surface area contributed by atoms with E-state index in [1.54, 1.807) is 0 Å². The van der Waals surface area contributed by atoms with E-state index in [-0.39, 0.29) is 41.8 Å². The Balaban J connectivity index is 1.38. The van der Waals surface area contributed by atoms with Crippen LogP contribution < -0.4 is 5.32 Å². The van der Waals surface area contributed by atoms with Crippen LogP contribution in [0.5, 0.6) is 0 Å². The summed E-state index contributed by atoms with van der Waals surface area (Å²) >= 11 is 0.990. The van der Waals surface area contributed by atoms with E-state index in [2.05, 4.69) is 22.5 Å². The summed E-state index contributed by atoms with van der Waals surface area (Å²) in [5.74, 6) is -0.191. The van der Waals surface area contributed by atoms with Crippen LogP contribution in [0.25, 0.3) is 0 Å². The zero-order valence-electron chi connectivity index (χ0n) is 15.5. The topological polar surface area (TPSA) is 84.3 Å². The van der Waals surface area contributed by atoms with Crippen molar-refractivity contribution in [1.82, 2.24) is 20.0 Å². The number of carbonyl (C=O) groups is 3. The molecule has 1 aliphatic carbocycles. The summed E-state index contributed by atoms with van der Waals surface area (Å²) in [4.78, 5) is 36.8. The smallest absolute Gasteiger partial charge is 0.288 e. The van der Waals surface area contributed by atoms with E-state index in [0.29, 0.717) is 6.54 Å². The Bertz CT molecular complexity index is 880. The molecule has 1 unspecified atom stereocenters. The summed E-state index contributed by atoms with van der Waals surface area (Å²) in [6, 6.07) is 10.1. The van der Waals surface area contributed by atoms with Gasteiger partial charge in [-0.1, -0.05) is 42.1 Å². The molecule has 8 heteroatoms. The maximum atomic E-state index is 12.4. The highest BCUT2D eigenvalue weighted by Gasteiger charge is 2.30. The summed E-state index contributed by atoms with van der Waals surface area (Å²) in [5.41, 5.74) is 3.43. The lowest BCUT2D eigenvalue weighted by Crippen LogP contribution is -2.36. The van der Waals surface area contributed by atoms with Crippen molar-refractivity contribution in [3.63, 3.8) is 0 Å². The molecule has 1 saturated heterocycles. The molecule has 0 bridgehead atoms. The highest BCUT2D eigenvalue weighted by molar-refractivity contribution is 8.14. The van der Waals surface area contributed by atoms with Crippen molar-refractivity contribution in [2.45, 2.75) is 38.3 Å². The number of hydrogen-bond donors (Lipinski definition) is 1. The fraction of sp³-hybridized carbons (Fsp3) is 0.400. The van der Waals surface area contributed by atoms with Crippen LogP contribution in [0.2, 0.25) is 0 Å². The average molecular weight is 398 g/mol. The third-order valence-corrected chi connectivity index (χ3v) is 6.03. The van der Waals surface area contributed by atoms with Crippen LogP contribution in [0.3, 0.4) is 0 Å². The first-order valence-electron chi connectivity index (χ1n) is 9.47. The minimum atomic E-state index is -0.264. The van der Waals surface area contributed by atoms with Crippen LogP contribution in [0, 0.1) is 0 Å². The molecule has 1 aliphatic heterocycles. The Morgan fingerprint density at radius 1 is 1.25 bits per heavy atom. The van der Waals surface area contributed by atoms with E-state index >= 15 is 0 Å². The Labute approximate surface area is 167 Å². The normalized spacial score (nSPS) is 19.0. The van der Waals surface area contributed by atoms with Crippen molar-refractivity contribution in [2.24, 2.45) is 0 Å². The lowest BCUT2D eigenvalue weighted by Gasteiger charge is -2.24. The maximum Gasteiger partial charge on any atom is 0.288 e. The second-order valence-electron chi connectivity index (χ2n) is 7.05. The molecule has 0 spiro atoms. The molecule has 1 fully saturated rings. The third kappa shape index (κ3) is 3.96. The predicted octanol–water partition coefficient (Wildman–Crippen LogP) is 2.51. The van der Waals surface area contributed by atoms with Gasteiger partial charge in [0.05, 0.1) is 24.5 Å². The molecule has 0 saturated carbocycles. The number of benzene rings is 1. The Kier molecular flexibility index (Phi) is 5.47. The van der Waals surface area contributed by atoms with Gasteiger partial charge in [-0.15, -0.1) is 0 Å². The number of carbonyl (C=O) groups excluding carboxylic acids is 3. The van der Waals surface area contributed by atoms with Crippen LogP contribution in [0.1, 0.15) is 42.1 Å². The van der Waals surface area contributed by atoms with E-state index < -0.39 is 0 Å². The fourth-order valence-electron chi connectivity index (χ4n) is 3.74. The third-order valence-electron chi connectivity index (χ3n) is 5.18. The van der Waals surface area contributed by atoms with Gasteiger partial charge in [-0.25, -0.2) is 0 Å². The minimum Gasteiger partial charge on any atom is -0.349 e. The highest BCUT2D eigenvalue weighted by atomic mass is 32.2. The van der Waals surface area contributed by atoms with Gasteiger partial charge < -0.3 is 5.32 Å². The molecule has 1 aromatic heterocycles. The second-order valence-corrected chi connectivity index (χ2v) is 7.98. The van der Waals surface area contributed by atoms with Crippen molar-refractivity contribution in [3.05, 3.63) is 53.3 Å². The van der Waals surface area contributed by atoms with Gasteiger partial charge in [-0.05, 0) is 24.8 Å². The van der Waals surface area contributed by atoms with E-state index in [9.17, 15) is 14.4 Å². The molecule has 28 heavy (non-hydrogen) atoms. The van der Waals surface area contributed by atoms with Gasteiger partial charge in [0, 0.05) is 24.2 Å². The van der Waals surface area contributed by atoms with Gasteiger partial charge in [0.25, 0.3) is 5.24 Å². The zero-order chi connectivity index (χ0) is 19.5. The summed E-state index contributed by atoms with van der Waals surface area (Å²) in [5, 5.41) is 7.34. The monoisotopic (exact) mass is 398 g/mol. The van der Waals surface area contributed by atoms with E-state index in [0.717, 1.165) is 41.5 Å². The number of nitrogens with zero attached hydrogens (tertiary/aromatic N) is 3. The summed E-state index contributed by atoms with van der Waals surface area (Å²) in [6.07, 6.45) is 4.78. The summed E-state index contributed by atoms with van der Waals surface area (Å²) < 4.78 is 2.02. The van der Waals surface area contributed by atoms with Crippen LogP contribution >= 0.6 is 11.8 Å². The quantitative estimate of drug-likeness (QED) is 0.808. The number of aromatic nitrogens is 2. The highest BCUT2D eigenvalue weighted by Crippen LogP contribution is 2.30. The first-order valence-corrected chi connectivity index (χ1v) is 10.5. The van der Waals surface area contributed by atoms with Gasteiger partial charge >= 0.3 is 0 Å². The lowest BCUT2D eigenvalue weighted by molar-refractivity contribution is -0.125. The molecule has 7 nitrogen and oxygen atoms in total. The lowest BCUT2D eigenvalue weighted by atomic mass is 9.92. The van der Waals surface area contributed by atoms with Crippen LogP contribution in [-0.2, 0) is 22.6 Å². The molecule has 0 radical (unpaired) electrons. The number of rotatable bonds is 6. The minimum absolute atomic E-state index is 0.0693. The van der Waals surface area contributed by atoms with E-state index in [4.69, 9.17) is 0 Å². The van der Waals surface area contributed by atoms with Gasteiger partial charge in [0.2, 0.25) is 11.8 Å². The summed E-state index contributed by atoms with van der Waals surface area (Å²) in [6.45, 7) is 0.858. The SMILES string of the molecule is O=C(CCN1C(=O)CSC1=O)NC1CCCc2c1cnn2Cc1ccccc1. The fourth-order valence-corrected chi connectivity index (χ4v) is 4.49. The first kappa shape index (κ1) is 18.7. The van der Waals surface area contributed by atoms with Crippen molar-refractivity contribution >= 4 is 28.8 Å². The molecule has 2 aliphatic rings. The average Bonchev–Trinajstić information content (AvgIpc) is 3.25. The molecule has 1 aromatic carbocycles. The first-order chi connectivity index (χ1) is 13.6. The van der Waals surface area contributed by atoms with E-state index in [1.165, 1.54) is 11.3 Å². The number of hydrogen-bond acceptors (Lipinski definition) is 5. The molecule has 3 amide bonds. The second kappa shape index (κ2) is 8.18. The van der Waals surface area contributed by atoms with Gasteiger partial charge in [0.1, 0.15) is 0 Å². The van der Waals surface area contributed by atoms with Gasteiger partial charge in [-0.2, -0.15) is 5.10 Å². The number of imide groups is 1. The van der Waals surface area contributed by atoms with Crippen molar-refractivity contribution in [1.29, 1.82) is 0 Å². The van der Waals surface area contributed by atoms with Crippen LogP contribution in [0.15, 0.2) is 36.5 Å². The molecule has 146 valence electrons. The maximum absolute atomic E-state index is 12.4. The number of thioether (sulfide) groups is 1. The van der Waals surface area contributed by atoms with Crippen LogP contribution in [0.4, 0.5) is 4.79 Å². The van der Waals surface area contributed by atoms with Gasteiger partial charge in [-0.3, -0.25) is 24.0 Å². The van der Waals surface area contributed by atoms with Crippen LogP contribution in [-0.4, -0.2) is 44.0 Å². The molecular formula is C20H22N4O3S. The standard InChI is InChI=1S/C20H22N4O3S/c25-18(9-10-23-19(26)13-28-20(23)27)22-16-7-4-8-17-15(16)11-21-24(17)12-14-5-2-1-3-6-14/h1-3,5-6,11,16H,4,7-10,12-13H2,(H,22,25). The Morgan fingerprint density at radius 3 is 2.82 bits per heavy atom.